The first-order chi connectivity index (χ1) is 14.6. The quantitative estimate of drug-likeness (QED) is 0.300. The molecule has 1 aliphatic carbocycles. The molecule has 1 fully saturated rings. The molecule has 0 bridgehead atoms. The molecule has 30 heavy (non-hydrogen) atoms. The van der Waals surface area contributed by atoms with E-state index in [0.717, 1.165) is 57.1 Å². The molecule has 0 N–H and O–H groups in total. The summed E-state index contributed by atoms with van der Waals surface area (Å²) in [5.41, 5.74) is 2.78. The lowest BCUT2D eigenvalue weighted by Gasteiger charge is -2.29. The van der Waals surface area contributed by atoms with E-state index >= 15 is 0 Å². The number of aryl methyl sites for hydroxylation is 1. The normalized spacial score (nSPS) is 19.5. The summed E-state index contributed by atoms with van der Waals surface area (Å²) in [7, 11) is 0. The van der Waals surface area contributed by atoms with Gasteiger partial charge in [-0.2, -0.15) is 0 Å². The van der Waals surface area contributed by atoms with Gasteiger partial charge in [-0.05, 0) is 86.6 Å². The zero-order valence-electron chi connectivity index (χ0n) is 18.3. The van der Waals surface area contributed by atoms with E-state index in [4.69, 9.17) is 4.74 Å². The minimum Gasteiger partial charge on any atom is -0.378 e. The van der Waals surface area contributed by atoms with E-state index in [9.17, 15) is 8.78 Å². The molecule has 2 aromatic carbocycles. The highest BCUT2D eigenvalue weighted by Crippen LogP contribution is 2.36. The van der Waals surface area contributed by atoms with E-state index in [2.05, 4.69) is 6.92 Å². The Morgan fingerprint density at radius 2 is 1.80 bits per heavy atom. The van der Waals surface area contributed by atoms with Gasteiger partial charge in [0.25, 0.3) is 0 Å². The Morgan fingerprint density at radius 3 is 2.47 bits per heavy atom. The smallest absolute Gasteiger partial charge is 0.131 e. The molecule has 0 spiro atoms. The third kappa shape index (κ3) is 6.01. The highest BCUT2D eigenvalue weighted by Gasteiger charge is 2.23. The predicted octanol–water partition coefficient (Wildman–Crippen LogP) is 7.98. The molecule has 0 amide bonds. The van der Waals surface area contributed by atoms with Gasteiger partial charge in [0, 0.05) is 12.2 Å². The van der Waals surface area contributed by atoms with E-state index < -0.39 is 0 Å². The molecule has 0 aromatic heterocycles. The largest absolute Gasteiger partial charge is 0.378 e. The van der Waals surface area contributed by atoms with Crippen LogP contribution >= 0.6 is 0 Å². The van der Waals surface area contributed by atoms with Crippen molar-refractivity contribution in [3.05, 3.63) is 71.3 Å². The summed E-state index contributed by atoms with van der Waals surface area (Å²) >= 11 is 0. The molecule has 0 radical (unpaired) electrons. The molecule has 0 saturated heterocycles. The number of benzene rings is 2. The maximum atomic E-state index is 14.9. The second kappa shape index (κ2) is 11.4. The van der Waals surface area contributed by atoms with Gasteiger partial charge in [0.15, 0.2) is 0 Å². The van der Waals surface area contributed by atoms with Gasteiger partial charge in [-0.3, -0.25) is 0 Å². The number of ether oxygens (including phenoxy) is 1. The highest BCUT2D eigenvalue weighted by molar-refractivity contribution is 5.65. The summed E-state index contributed by atoms with van der Waals surface area (Å²) < 4.78 is 35.3. The van der Waals surface area contributed by atoms with Crippen LogP contribution in [-0.2, 0) is 11.2 Å². The third-order valence-electron chi connectivity index (χ3n) is 6.17. The minimum atomic E-state index is -0.269. The molecule has 162 valence electrons. The molecule has 1 saturated carbocycles. The second-order valence-electron chi connectivity index (χ2n) is 8.35. The molecule has 2 aromatic rings. The van der Waals surface area contributed by atoms with Gasteiger partial charge in [-0.1, -0.05) is 49.8 Å². The van der Waals surface area contributed by atoms with Crippen molar-refractivity contribution in [1.82, 2.24) is 0 Å². The topological polar surface area (TPSA) is 9.23 Å². The lowest BCUT2D eigenvalue weighted by molar-refractivity contribution is 0.0232. The van der Waals surface area contributed by atoms with Crippen LogP contribution in [0.5, 0.6) is 0 Å². The molecule has 3 rings (SSSR count). The van der Waals surface area contributed by atoms with Crippen LogP contribution in [0.4, 0.5) is 8.78 Å². The maximum absolute atomic E-state index is 14.9. The summed E-state index contributed by atoms with van der Waals surface area (Å²) in [6.45, 7) is 4.98. The van der Waals surface area contributed by atoms with Crippen molar-refractivity contribution < 1.29 is 13.5 Å². The first-order valence-electron chi connectivity index (χ1n) is 11.4. The summed E-state index contributed by atoms with van der Waals surface area (Å²) in [6.07, 6.45) is 12.2. The maximum Gasteiger partial charge on any atom is 0.131 e. The van der Waals surface area contributed by atoms with Crippen LogP contribution in [0.25, 0.3) is 11.1 Å². The summed E-state index contributed by atoms with van der Waals surface area (Å²) in [6, 6.07) is 10.5. The number of halogens is 2. The molecule has 0 aliphatic heterocycles. The fraction of sp³-hybridized carbons (Fsp3) is 0.481. The summed E-state index contributed by atoms with van der Waals surface area (Å²) in [5.74, 6) is -0.151. The number of hydrogen-bond acceptors (Lipinski definition) is 1. The van der Waals surface area contributed by atoms with Crippen molar-refractivity contribution in [3.8, 4) is 11.1 Å². The Balaban J connectivity index is 1.64. The van der Waals surface area contributed by atoms with E-state index in [1.165, 1.54) is 6.07 Å². The Hall–Kier alpha value is -2.00. The lowest BCUT2D eigenvalue weighted by atomic mass is 9.82. The van der Waals surface area contributed by atoms with Crippen molar-refractivity contribution in [3.63, 3.8) is 0 Å². The number of hydrogen-bond donors (Lipinski definition) is 0. The number of rotatable bonds is 9. The Kier molecular flexibility index (Phi) is 8.62. The average Bonchev–Trinajstić information content (AvgIpc) is 2.76. The standard InChI is InChI=1S/C27H34F2O/c1-3-5-7-8-21-9-10-23(19-26(21)28)25-16-13-22(18-27(25)29)20-11-14-24(15-12-20)30-17-6-4-2/h3,5,9-10,13,16,18-20,24H,4,6-8,11-12,14-15,17H2,1-2H3/b5-3+. The minimum absolute atomic E-state index is 0.262. The molecule has 3 heteroatoms. The molecule has 0 heterocycles. The molecule has 1 nitrogen and oxygen atoms in total. The number of unbranched alkanes of at least 4 members (excludes halogenated alkanes) is 1. The van der Waals surface area contributed by atoms with Crippen LogP contribution in [0.2, 0.25) is 0 Å². The van der Waals surface area contributed by atoms with Gasteiger partial charge in [-0.15, -0.1) is 0 Å². The molecular formula is C27H34F2O. The fourth-order valence-corrected chi connectivity index (χ4v) is 4.30. The van der Waals surface area contributed by atoms with Crippen LogP contribution < -0.4 is 0 Å². The van der Waals surface area contributed by atoms with Crippen LogP contribution in [0.3, 0.4) is 0 Å². The van der Waals surface area contributed by atoms with E-state index in [-0.39, 0.29) is 11.6 Å². The van der Waals surface area contributed by atoms with Crippen molar-refractivity contribution in [1.29, 1.82) is 0 Å². The van der Waals surface area contributed by atoms with Gasteiger partial charge >= 0.3 is 0 Å². The van der Waals surface area contributed by atoms with Gasteiger partial charge in [0.05, 0.1) is 6.10 Å². The highest BCUT2D eigenvalue weighted by atomic mass is 19.1. The molecule has 0 atom stereocenters. The Morgan fingerprint density at radius 1 is 1.00 bits per heavy atom. The van der Waals surface area contributed by atoms with E-state index in [1.54, 1.807) is 12.1 Å². The lowest BCUT2D eigenvalue weighted by Crippen LogP contribution is -2.21. The molecule has 1 aliphatic rings. The molecular weight excluding hydrogens is 378 g/mol. The van der Waals surface area contributed by atoms with Gasteiger partial charge in [-0.25, -0.2) is 8.78 Å². The van der Waals surface area contributed by atoms with Gasteiger partial charge < -0.3 is 4.74 Å². The number of allylic oxidation sites excluding steroid dienone is 2. The third-order valence-corrected chi connectivity index (χ3v) is 6.17. The predicted molar refractivity (Wildman–Crippen MR) is 121 cm³/mol. The van der Waals surface area contributed by atoms with E-state index in [1.807, 2.05) is 37.3 Å². The van der Waals surface area contributed by atoms with Crippen LogP contribution in [0.1, 0.15) is 75.8 Å². The monoisotopic (exact) mass is 412 g/mol. The van der Waals surface area contributed by atoms with Crippen molar-refractivity contribution in [2.24, 2.45) is 0 Å². The fourth-order valence-electron chi connectivity index (χ4n) is 4.30. The zero-order chi connectivity index (χ0) is 21.3. The summed E-state index contributed by atoms with van der Waals surface area (Å²) in [5, 5.41) is 0. The van der Waals surface area contributed by atoms with Crippen molar-refractivity contribution >= 4 is 0 Å². The summed E-state index contributed by atoms with van der Waals surface area (Å²) in [4.78, 5) is 0. The van der Waals surface area contributed by atoms with Crippen LogP contribution in [-0.4, -0.2) is 12.7 Å². The van der Waals surface area contributed by atoms with Crippen molar-refractivity contribution in [2.45, 2.75) is 77.2 Å². The Bertz CT molecular complexity index is 835. The molecule has 0 unspecified atom stereocenters. The van der Waals surface area contributed by atoms with Gasteiger partial charge in [0.2, 0.25) is 0 Å². The Labute approximate surface area is 180 Å². The SMILES string of the molecule is C/C=C/CCc1ccc(-c2ccc(C3CCC(OCCCC)CC3)cc2F)cc1F. The van der Waals surface area contributed by atoms with Crippen molar-refractivity contribution in [2.75, 3.05) is 6.61 Å². The van der Waals surface area contributed by atoms with Crippen LogP contribution in [0.15, 0.2) is 48.6 Å². The van der Waals surface area contributed by atoms with E-state index in [0.29, 0.717) is 35.1 Å². The van der Waals surface area contributed by atoms with Gasteiger partial charge in [0.1, 0.15) is 11.6 Å². The second-order valence-corrected chi connectivity index (χ2v) is 8.35. The van der Waals surface area contributed by atoms with Crippen LogP contribution in [0, 0.1) is 11.6 Å². The first kappa shape index (κ1) is 22.7. The first-order valence-corrected chi connectivity index (χ1v) is 11.4. The average molecular weight is 413 g/mol. The zero-order valence-corrected chi connectivity index (χ0v) is 18.3.